The first kappa shape index (κ1) is 13.6. The summed E-state index contributed by atoms with van der Waals surface area (Å²) in [5.41, 5.74) is 2.84. The number of alkyl halides is 1. The molecule has 5 heteroatoms. The molecule has 2 rings (SSSR count). The van der Waals surface area contributed by atoms with Crippen molar-refractivity contribution in [3.8, 4) is 0 Å². The summed E-state index contributed by atoms with van der Waals surface area (Å²) >= 11 is 9.50. The fourth-order valence-electron chi connectivity index (χ4n) is 1.80. The highest BCUT2D eigenvalue weighted by atomic mass is 79.9. The highest BCUT2D eigenvalue weighted by Gasteiger charge is 2.16. The van der Waals surface area contributed by atoms with Gasteiger partial charge in [0.05, 0.1) is 23.0 Å². The van der Waals surface area contributed by atoms with Gasteiger partial charge in [-0.15, -0.1) is 0 Å². The Hall–Kier alpha value is -0.870. The minimum atomic E-state index is -0.324. The van der Waals surface area contributed by atoms with E-state index in [9.17, 15) is 4.39 Å². The Morgan fingerprint density at radius 3 is 2.89 bits per heavy atom. The maximum Gasteiger partial charge on any atom is 0.124 e. The molecule has 1 aliphatic heterocycles. The van der Waals surface area contributed by atoms with Gasteiger partial charge in [0.1, 0.15) is 5.82 Å². The molecule has 0 fully saturated rings. The Morgan fingerprint density at radius 2 is 2.28 bits per heavy atom. The number of anilines is 1. The van der Waals surface area contributed by atoms with E-state index in [1.54, 1.807) is 6.07 Å². The van der Waals surface area contributed by atoms with Crippen LogP contribution in [0.5, 0.6) is 0 Å². The average Bonchev–Trinajstić information content (AvgIpc) is 2.38. The molecule has 0 bridgehead atoms. The molecular weight excluding hydrogens is 319 g/mol. The van der Waals surface area contributed by atoms with Crippen LogP contribution in [0.15, 0.2) is 35.1 Å². The number of allylic oxidation sites excluding steroid dienone is 1. The number of halogens is 3. The molecule has 0 aromatic heterocycles. The van der Waals surface area contributed by atoms with E-state index < -0.39 is 0 Å². The predicted octanol–water partition coefficient (Wildman–Crippen LogP) is 4.39. The first-order chi connectivity index (χ1) is 8.63. The van der Waals surface area contributed by atoms with Gasteiger partial charge in [0.25, 0.3) is 0 Å². The molecule has 0 saturated carbocycles. The molecule has 0 N–H and O–H groups in total. The molecule has 1 aliphatic rings. The molecule has 18 heavy (non-hydrogen) atoms. The number of hydrogen-bond donors (Lipinski definition) is 0. The molecule has 0 spiro atoms. The van der Waals surface area contributed by atoms with Crippen molar-refractivity contribution < 1.29 is 4.39 Å². The maximum absolute atomic E-state index is 13.1. The summed E-state index contributed by atoms with van der Waals surface area (Å²) in [6, 6.07) is 4.44. The third kappa shape index (κ3) is 2.93. The van der Waals surface area contributed by atoms with Crippen LogP contribution >= 0.6 is 27.5 Å². The van der Waals surface area contributed by atoms with Crippen molar-refractivity contribution in [1.82, 2.24) is 0 Å². The zero-order valence-electron chi connectivity index (χ0n) is 9.96. The minimum absolute atomic E-state index is 0.324. The molecule has 0 atom stereocenters. The van der Waals surface area contributed by atoms with Gasteiger partial charge in [0.2, 0.25) is 0 Å². The smallest absolute Gasteiger partial charge is 0.124 e. The zero-order valence-corrected chi connectivity index (χ0v) is 12.3. The second-order valence-corrected chi connectivity index (χ2v) is 4.98. The van der Waals surface area contributed by atoms with Crippen molar-refractivity contribution >= 4 is 38.9 Å². The highest BCUT2D eigenvalue weighted by molar-refractivity contribution is 9.09. The molecule has 96 valence electrons. The van der Waals surface area contributed by atoms with Crippen LogP contribution in [-0.2, 0) is 0 Å². The largest absolute Gasteiger partial charge is 0.339 e. The predicted molar refractivity (Wildman–Crippen MR) is 78.4 cm³/mol. The average molecular weight is 332 g/mol. The molecule has 1 heterocycles. The maximum atomic E-state index is 13.1. The van der Waals surface area contributed by atoms with Crippen molar-refractivity contribution in [2.75, 3.05) is 16.8 Å². The van der Waals surface area contributed by atoms with Crippen molar-refractivity contribution in [2.24, 2.45) is 4.99 Å². The fraction of sp³-hybridized carbons (Fsp3) is 0.308. The van der Waals surface area contributed by atoms with Crippen LogP contribution in [0.3, 0.4) is 0 Å². The molecule has 2 nitrogen and oxygen atoms in total. The lowest BCUT2D eigenvalue weighted by Gasteiger charge is -2.26. The van der Waals surface area contributed by atoms with Crippen LogP contribution < -0.4 is 4.90 Å². The Balaban J connectivity index is 2.34. The Labute approximate surface area is 119 Å². The second kappa shape index (κ2) is 5.85. The van der Waals surface area contributed by atoms with Gasteiger partial charge in [-0.25, -0.2) is 4.39 Å². The van der Waals surface area contributed by atoms with Gasteiger partial charge >= 0.3 is 0 Å². The Kier molecular flexibility index (Phi) is 4.40. The third-order valence-corrected chi connectivity index (χ3v) is 3.65. The van der Waals surface area contributed by atoms with Gasteiger partial charge in [-0.2, -0.15) is 0 Å². The normalized spacial score (nSPS) is 15.4. The van der Waals surface area contributed by atoms with Gasteiger partial charge in [-0.3, -0.25) is 4.99 Å². The molecule has 1 aromatic rings. The fourth-order valence-corrected chi connectivity index (χ4v) is 2.38. The van der Waals surface area contributed by atoms with E-state index in [0.29, 0.717) is 11.6 Å². The molecule has 1 aromatic carbocycles. The van der Waals surface area contributed by atoms with Crippen LogP contribution in [-0.4, -0.2) is 17.6 Å². The SMILES string of the molecule is CCC1=CN(c2ccc(F)cc2Cl)CC(CBr)=N1. The molecule has 0 unspecified atom stereocenters. The van der Waals surface area contributed by atoms with Crippen molar-refractivity contribution in [1.29, 1.82) is 0 Å². The van der Waals surface area contributed by atoms with E-state index in [2.05, 4.69) is 27.8 Å². The second-order valence-electron chi connectivity index (χ2n) is 4.01. The van der Waals surface area contributed by atoms with E-state index in [4.69, 9.17) is 11.6 Å². The van der Waals surface area contributed by atoms with Crippen molar-refractivity contribution in [3.63, 3.8) is 0 Å². The van der Waals surface area contributed by atoms with E-state index in [-0.39, 0.29) is 5.82 Å². The highest BCUT2D eigenvalue weighted by Crippen LogP contribution is 2.29. The summed E-state index contributed by atoms with van der Waals surface area (Å²) in [5, 5.41) is 1.14. The van der Waals surface area contributed by atoms with Crippen LogP contribution in [0, 0.1) is 5.82 Å². The molecule has 0 aliphatic carbocycles. The number of aliphatic imine (C=N–C) groups is 1. The summed E-state index contributed by atoms with van der Waals surface area (Å²) < 4.78 is 13.1. The lowest BCUT2D eigenvalue weighted by molar-refractivity contribution is 0.628. The van der Waals surface area contributed by atoms with E-state index >= 15 is 0 Å². The first-order valence-corrected chi connectivity index (χ1v) is 7.18. The summed E-state index contributed by atoms with van der Waals surface area (Å²) in [6.45, 7) is 2.72. The summed E-state index contributed by atoms with van der Waals surface area (Å²) in [7, 11) is 0. The number of hydrogen-bond acceptors (Lipinski definition) is 2. The van der Waals surface area contributed by atoms with E-state index in [0.717, 1.165) is 28.8 Å². The minimum Gasteiger partial charge on any atom is -0.339 e. The summed E-state index contributed by atoms with van der Waals surface area (Å²) in [4.78, 5) is 6.52. The monoisotopic (exact) mass is 330 g/mol. The van der Waals surface area contributed by atoms with Crippen molar-refractivity contribution in [3.05, 3.63) is 40.9 Å². The summed E-state index contributed by atoms with van der Waals surface area (Å²) in [5.74, 6) is -0.324. The molecule has 0 radical (unpaired) electrons. The number of nitrogens with zero attached hydrogens (tertiary/aromatic N) is 2. The van der Waals surface area contributed by atoms with Gasteiger partial charge in [-0.05, 0) is 24.6 Å². The van der Waals surface area contributed by atoms with Gasteiger partial charge < -0.3 is 4.90 Å². The molecular formula is C13H13BrClFN2. The standard InChI is InChI=1S/C13H13BrClFN2/c1-2-10-7-18(8-11(6-14)17-10)13-4-3-9(16)5-12(13)15/h3-5,7H,2,6,8H2,1H3. The lowest BCUT2D eigenvalue weighted by Crippen LogP contribution is -2.29. The van der Waals surface area contributed by atoms with E-state index in [1.807, 2.05) is 11.1 Å². The Bertz CT molecular complexity index is 514. The Morgan fingerprint density at radius 1 is 1.50 bits per heavy atom. The number of rotatable bonds is 3. The lowest BCUT2D eigenvalue weighted by atomic mass is 10.2. The third-order valence-electron chi connectivity index (χ3n) is 2.70. The topological polar surface area (TPSA) is 15.6 Å². The van der Waals surface area contributed by atoms with Crippen LogP contribution in [0.25, 0.3) is 0 Å². The zero-order chi connectivity index (χ0) is 13.1. The quantitative estimate of drug-likeness (QED) is 0.750. The number of benzene rings is 1. The van der Waals surface area contributed by atoms with Crippen molar-refractivity contribution in [2.45, 2.75) is 13.3 Å². The van der Waals surface area contributed by atoms with Gasteiger partial charge in [0, 0.05) is 17.2 Å². The molecule has 0 amide bonds. The molecule has 0 saturated heterocycles. The van der Waals surface area contributed by atoms with Gasteiger partial charge in [-0.1, -0.05) is 34.5 Å². The first-order valence-electron chi connectivity index (χ1n) is 5.68. The van der Waals surface area contributed by atoms with Crippen LogP contribution in [0.1, 0.15) is 13.3 Å². The summed E-state index contributed by atoms with van der Waals surface area (Å²) in [6.07, 6.45) is 2.82. The van der Waals surface area contributed by atoms with Gasteiger partial charge in [0.15, 0.2) is 0 Å². The van der Waals surface area contributed by atoms with E-state index in [1.165, 1.54) is 12.1 Å². The van der Waals surface area contributed by atoms with Crippen LogP contribution in [0.2, 0.25) is 5.02 Å². The van der Waals surface area contributed by atoms with Crippen LogP contribution in [0.4, 0.5) is 10.1 Å².